The number of anilines is 1. The molecule has 1 saturated heterocycles. The smallest absolute Gasteiger partial charge is 0.339 e. The average Bonchev–Trinajstić information content (AvgIpc) is 3.07. The van der Waals surface area contributed by atoms with Crippen LogP contribution in [0.25, 0.3) is 0 Å². The van der Waals surface area contributed by atoms with Gasteiger partial charge in [-0.15, -0.1) is 0 Å². The second-order valence-electron chi connectivity index (χ2n) is 6.12. The first-order valence-electron chi connectivity index (χ1n) is 8.09. The molecule has 0 spiro atoms. The summed E-state index contributed by atoms with van der Waals surface area (Å²) in [7, 11) is -4.25. The predicted octanol–water partition coefficient (Wildman–Crippen LogP) is 0.744. The van der Waals surface area contributed by atoms with Gasteiger partial charge < -0.3 is 4.90 Å². The standard InChI is InChI=1S/C16H18N4O5S/c1-10-13(14(21)18-16(23)17-10)26(24,25)19-12-7-3-2-6-11(12)15(22)20-8-4-5-9-20/h2-3,6-7,13,19H,4-5,8-9H2,1H3,(H,18,21,23). The number of rotatable bonds is 4. The van der Waals surface area contributed by atoms with E-state index >= 15 is 0 Å². The maximum absolute atomic E-state index is 12.7. The summed E-state index contributed by atoms with van der Waals surface area (Å²) < 4.78 is 27.7. The molecular weight excluding hydrogens is 360 g/mol. The first-order valence-corrected chi connectivity index (χ1v) is 9.64. The van der Waals surface area contributed by atoms with Gasteiger partial charge in [0.25, 0.3) is 11.8 Å². The molecule has 3 rings (SSSR count). The number of amides is 4. The van der Waals surface area contributed by atoms with Gasteiger partial charge in [0.05, 0.1) is 17.0 Å². The van der Waals surface area contributed by atoms with Crippen LogP contribution in [-0.4, -0.2) is 55.2 Å². The molecule has 1 unspecified atom stereocenters. The van der Waals surface area contributed by atoms with Crippen LogP contribution >= 0.6 is 0 Å². The van der Waals surface area contributed by atoms with Crippen LogP contribution in [0.5, 0.6) is 0 Å². The first kappa shape index (κ1) is 18.1. The number of sulfonamides is 1. The van der Waals surface area contributed by atoms with E-state index in [1.54, 1.807) is 17.0 Å². The van der Waals surface area contributed by atoms with Crippen LogP contribution in [0.4, 0.5) is 10.5 Å². The molecule has 1 aromatic rings. The lowest BCUT2D eigenvalue weighted by atomic mass is 10.1. The van der Waals surface area contributed by atoms with Gasteiger partial charge in [-0.2, -0.15) is 0 Å². The molecule has 0 aliphatic carbocycles. The summed E-state index contributed by atoms with van der Waals surface area (Å²) in [5.41, 5.74) is 0.163. The van der Waals surface area contributed by atoms with E-state index < -0.39 is 27.2 Å². The van der Waals surface area contributed by atoms with Crippen molar-refractivity contribution in [3.05, 3.63) is 29.8 Å². The second-order valence-corrected chi connectivity index (χ2v) is 7.89. The largest absolute Gasteiger partial charge is 0.347 e. The maximum atomic E-state index is 12.7. The Labute approximate surface area is 150 Å². The Morgan fingerprint density at radius 1 is 1.23 bits per heavy atom. The van der Waals surface area contributed by atoms with Crippen molar-refractivity contribution in [2.45, 2.75) is 25.0 Å². The molecule has 0 saturated carbocycles. The number of carbonyl (C=O) groups excluding carboxylic acids is 3. The normalized spacial score (nSPS) is 20.6. The Balaban J connectivity index is 1.91. The van der Waals surface area contributed by atoms with E-state index in [1.165, 1.54) is 19.1 Å². The van der Waals surface area contributed by atoms with E-state index in [1.807, 2.05) is 5.32 Å². The molecule has 0 bridgehead atoms. The third-order valence-electron chi connectivity index (χ3n) is 4.24. The minimum absolute atomic E-state index is 0.0851. The predicted molar refractivity (Wildman–Crippen MR) is 94.6 cm³/mol. The van der Waals surface area contributed by atoms with Gasteiger partial charge in [-0.3, -0.25) is 19.6 Å². The summed E-state index contributed by atoms with van der Waals surface area (Å²) in [6.45, 7) is 2.54. The molecule has 9 nitrogen and oxygen atoms in total. The fraction of sp³-hybridized carbons (Fsp3) is 0.375. The van der Waals surface area contributed by atoms with Gasteiger partial charge in [-0.25, -0.2) is 18.2 Å². The van der Waals surface area contributed by atoms with Crippen LogP contribution in [0.1, 0.15) is 30.1 Å². The zero-order valence-electron chi connectivity index (χ0n) is 14.1. The number of para-hydroxylation sites is 1. The van der Waals surface area contributed by atoms with Crippen molar-refractivity contribution in [2.75, 3.05) is 17.8 Å². The van der Waals surface area contributed by atoms with Crippen molar-refractivity contribution in [3.8, 4) is 0 Å². The van der Waals surface area contributed by atoms with E-state index in [4.69, 9.17) is 0 Å². The van der Waals surface area contributed by atoms with Gasteiger partial charge in [0.1, 0.15) is 0 Å². The highest BCUT2D eigenvalue weighted by Crippen LogP contribution is 2.23. The van der Waals surface area contributed by atoms with Crippen molar-refractivity contribution in [1.29, 1.82) is 0 Å². The third kappa shape index (κ3) is 3.45. The van der Waals surface area contributed by atoms with E-state index in [0.29, 0.717) is 13.1 Å². The molecule has 0 aromatic heterocycles. The van der Waals surface area contributed by atoms with Gasteiger partial charge in [0, 0.05) is 13.1 Å². The summed E-state index contributed by atoms with van der Waals surface area (Å²) in [6, 6.07) is 5.32. The Hall–Kier alpha value is -2.75. The molecule has 138 valence electrons. The van der Waals surface area contributed by atoms with Crippen molar-refractivity contribution >= 4 is 39.3 Å². The van der Waals surface area contributed by atoms with Gasteiger partial charge in [-0.1, -0.05) is 12.1 Å². The lowest BCUT2D eigenvalue weighted by Gasteiger charge is -2.22. The Morgan fingerprint density at radius 2 is 1.88 bits per heavy atom. The first-order chi connectivity index (χ1) is 12.3. The third-order valence-corrected chi connectivity index (χ3v) is 5.92. The molecule has 1 atom stereocenters. The maximum Gasteiger partial charge on any atom is 0.347 e. The highest BCUT2D eigenvalue weighted by atomic mass is 32.2. The fourth-order valence-corrected chi connectivity index (χ4v) is 4.48. The summed E-state index contributed by atoms with van der Waals surface area (Å²) in [4.78, 5) is 41.0. The molecule has 1 aromatic carbocycles. The Kier molecular flexibility index (Phi) is 4.77. The SMILES string of the molecule is CC1=NC(=O)NC(=O)C1S(=O)(=O)Nc1ccccc1C(=O)N1CCCC1. The van der Waals surface area contributed by atoms with Gasteiger partial charge in [-0.05, 0) is 31.9 Å². The minimum Gasteiger partial charge on any atom is -0.339 e. The number of benzene rings is 1. The summed E-state index contributed by atoms with van der Waals surface area (Å²) >= 11 is 0. The number of hydrogen-bond donors (Lipinski definition) is 2. The number of nitrogens with zero attached hydrogens (tertiary/aromatic N) is 2. The molecule has 2 N–H and O–H groups in total. The molecule has 1 fully saturated rings. The molecule has 2 aliphatic heterocycles. The highest BCUT2D eigenvalue weighted by Gasteiger charge is 2.40. The lowest BCUT2D eigenvalue weighted by Crippen LogP contribution is -2.51. The van der Waals surface area contributed by atoms with Crippen molar-refractivity contribution in [2.24, 2.45) is 4.99 Å². The molecule has 26 heavy (non-hydrogen) atoms. The summed E-state index contributed by atoms with van der Waals surface area (Å²) in [6.07, 6.45) is 1.82. The number of likely N-dealkylation sites (tertiary alicyclic amines) is 1. The number of urea groups is 1. The number of imide groups is 1. The number of hydrogen-bond acceptors (Lipinski definition) is 5. The minimum atomic E-state index is -4.25. The van der Waals surface area contributed by atoms with Crippen molar-refractivity contribution in [1.82, 2.24) is 10.2 Å². The van der Waals surface area contributed by atoms with E-state index in [9.17, 15) is 22.8 Å². The molecule has 10 heteroatoms. The van der Waals surface area contributed by atoms with Crippen LogP contribution < -0.4 is 10.0 Å². The van der Waals surface area contributed by atoms with Gasteiger partial charge >= 0.3 is 6.03 Å². The molecule has 4 amide bonds. The van der Waals surface area contributed by atoms with Crippen LogP contribution in [0.3, 0.4) is 0 Å². The van der Waals surface area contributed by atoms with E-state index in [-0.39, 0.29) is 22.9 Å². The number of carbonyl (C=O) groups is 3. The van der Waals surface area contributed by atoms with Crippen LogP contribution in [-0.2, 0) is 14.8 Å². The summed E-state index contributed by atoms with van der Waals surface area (Å²) in [5.74, 6) is -1.24. The molecular formula is C16H18N4O5S. The zero-order valence-corrected chi connectivity index (χ0v) is 14.9. The second kappa shape index (κ2) is 6.87. The van der Waals surface area contributed by atoms with Gasteiger partial charge in [0.2, 0.25) is 10.0 Å². The highest BCUT2D eigenvalue weighted by molar-refractivity contribution is 7.94. The molecule has 0 radical (unpaired) electrons. The zero-order chi connectivity index (χ0) is 18.9. The summed E-state index contributed by atoms with van der Waals surface area (Å²) in [5, 5.41) is 0.231. The Morgan fingerprint density at radius 3 is 2.54 bits per heavy atom. The van der Waals surface area contributed by atoms with Crippen molar-refractivity contribution < 1.29 is 22.8 Å². The van der Waals surface area contributed by atoms with Crippen LogP contribution in [0.15, 0.2) is 29.3 Å². The van der Waals surface area contributed by atoms with E-state index in [0.717, 1.165) is 12.8 Å². The Bertz CT molecular complexity index is 903. The van der Waals surface area contributed by atoms with Crippen molar-refractivity contribution in [3.63, 3.8) is 0 Å². The fourth-order valence-electron chi connectivity index (χ4n) is 3.03. The molecule has 2 heterocycles. The van der Waals surface area contributed by atoms with Crippen LogP contribution in [0.2, 0.25) is 0 Å². The monoisotopic (exact) mass is 378 g/mol. The van der Waals surface area contributed by atoms with E-state index in [2.05, 4.69) is 9.71 Å². The number of aliphatic imine (C=N–C) groups is 1. The van der Waals surface area contributed by atoms with Crippen LogP contribution in [0, 0.1) is 0 Å². The molecule has 2 aliphatic rings. The average molecular weight is 378 g/mol. The van der Waals surface area contributed by atoms with Gasteiger partial charge in [0.15, 0.2) is 5.25 Å². The quantitative estimate of drug-likeness (QED) is 0.799. The lowest BCUT2D eigenvalue weighted by molar-refractivity contribution is -0.118. The number of nitrogens with one attached hydrogen (secondary N) is 2. The topological polar surface area (TPSA) is 125 Å².